The van der Waals surface area contributed by atoms with E-state index < -0.39 is 0 Å². The van der Waals surface area contributed by atoms with Crippen LogP contribution in [0.5, 0.6) is 0 Å². The lowest BCUT2D eigenvalue weighted by atomic mass is 10.1. The Labute approximate surface area is 175 Å². The van der Waals surface area contributed by atoms with E-state index in [9.17, 15) is 9.59 Å². The number of likely N-dealkylation sites (tertiary alicyclic amines) is 2. The van der Waals surface area contributed by atoms with Crippen LogP contribution in [0.15, 0.2) is 42.7 Å². The normalized spacial score (nSPS) is 20.9. The summed E-state index contributed by atoms with van der Waals surface area (Å²) in [4.78, 5) is 41.4. The van der Waals surface area contributed by atoms with Crippen molar-refractivity contribution in [2.24, 2.45) is 0 Å². The van der Waals surface area contributed by atoms with Crippen LogP contribution in [-0.4, -0.2) is 61.7 Å². The molecule has 3 aromatic rings. The van der Waals surface area contributed by atoms with Crippen LogP contribution >= 0.6 is 0 Å². The second-order valence-electron chi connectivity index (χ2n) is 8.26. The Balaban J connectivity index is 1.25. The second kappa shape index (κ2) is 7.55. The third kappa shape index (κ3) is 3.44. The molecule has 1 N–H and O–H groups in total. The predicted octanol–water partition coefficient (Wildman–Crippen LogP) is 2.25. The molecule has 2 amide bonds. The van der Waals surface area contributed by atoms with E-state index in [1.54, 1.807) is 6.20 Å². The minimum absolute atomic E-state index is 0.00275. The highest BCUT2D eigenvalue weighted by atomic mass is 16.2. The van der Waals surface area contributed by atoms with Gasteiger partial charge in [-0.1, -0.05) is 12.1 Å². The molecule has 0 bridgehead atoms. The number of hydrogen-bond donors (Lipinski definition) is 1. The van der Waals surface area contributed by atoms with Gasteiger partial charge in [0, 0.05) is 31.9 Å². The van der Waals surface area contributed by atoms with Gasteiger partial charge in [-0.15, -0.1) is 0 Å². The SMILES string of the molecule is Cc1nc2ccc(CC(=O)N3CC[C@H]4[C@@H]3CC(=O)N4CCc3cccnc3)cc2[nH]1. The third-order valence-electron chi connectivity index (χ3n) is 6.32. The number of aromatic nitrogens is 3. The molecule has 7 heteroatoms. The molecule has 2 saturated heterocycles. The highest BCUT2D eigenvalue weighted by Crippen LogP contribution is 2.33. The van der Waals surface area contributed by atoms with Crippen molar-refractivity contribution in [2.75, 3.05) is 13.1 Å². The number of rotatable bonds is 5. The fourth-order valence-electron chi connectivity index (χ4n) is 4.89. The van der Waals surface area contributed by atoms with E-state index >= 15 is 0 Å². The van der Waals surface area contributed by atoms with Crippen LogP contribution in [0.4, 0.5) is 0 Å². The fraction of sp³-hybridized carbons (Fsp3) is 0.391. The van der Waals surface area contributed by atoms with Gasteiger partial charge in [0.25, 0.3) is 0 Å². The number of benzene rings is 1. The number of amides is 2. The molecule has 0 aliphatic carbocycles. The van der Waals surface area contributed by atoms with Crippen LogP contribution < -0.4 is 0 Å². The van der Waals surface area contributed by atoms with Gasteiger partial charge in [-0.3, -0.25) is 14.6 Å². The first-order chi connectivity index (χ1) is 14.6. The standard InChI is InChI=1S/C23H25N5O2/c1-15-25-18-5-4-17(11-19(18)26-15)12-22(29)28-10-7-20-21(28)13-23(30)27(20)9-6-16-3-2-8-24-14-16/h2-5,8,11,14,20-21H,6-7,9-10,12-13H2,1H3,(H,25,26)/t20-,21-/m0/s1. The summed E-state index contributed by atoms with van der Waals surface area (Å²) in [6.45, 7) is 3.33. The lowest BCUT2D eigenvalue weighted by molar-refractivity contribution is -0.131. The Bertz CT molecular complexity index is 1090. The zero-order chi connectivity index (χ0) is 20.7. The first kappa shape index (κ1) is 18.8. The van der Waals surface area contributed by atoms with Crippen LogP contribution in [-0.2, 0) is 22.4 Å². The number of nitrogens with one attached hydrogen (secondary N) is 1. The molecule has 2 aliphatic heterocycles. The summed E-state index contributed by atoms with van der Waals surface area (Å²) in [5.74, 6) is 1.12. The number of H-pyrrole nitrogens is 1. The molecule has 1 aromatic carbocycles. The average molecular weight is 403 g/mol. The lowest BCUT2D eigenvalue weighted by Crippen LogP contribution is -2.41. The predicted molar refractivity (Wildman–Crippen MR) is 113 cm³/mol. The summed E-state index contributed by atoms with van der Waals surface area (Å²) in [7, 11) is 0. The van der Waals surface area contributed by atoms with E-state index in [2.05, 4.69) is 15.0 Å². The monoisotopic (exact) mass is 403 g/mol. The van der Waals surface area contributed by atoms with Crippen LogP contribution in [0.25, 0.3) is 11.0 Å². The Morgan fingerprint density at radius 2 is 2.13 bits per heavy atom. The lowest BCUT2D eigenvalue weighted by Gasteiger charge is -2.25. The summed E-state index contributed by atoms with van der Waals surface area (Å²) in [5.41, 5.74) is 3.96. The van der Waals surface area contributed by atoms with Gasteiger partial charge in [0.05, 0.1) is 29.5 Å². The van der Waals surface area contributed by atoms with Crippen LogP contribution in [0, 0.1) is 6.92 Å². The topological polar surface area (TPSA) is 82.2 Å². The van der Waals surface area contributed by atoms with Crippen molar-refractivity contribution >= 4 is 22.8 Å². The maximum Gasteiger partial charge on any atom is 0.227 e. The molecule has 2 atom stereocenters. The maximum absolute atomic E-state index is 13.1. The number of nitrogens with zero attached hydrogens (tertiary/aromatic N) is 4. The van der Waals surface area contributed by atoms with E-state index in [1.165, 1.54) is 0 Å². The van der Waals surface area contributed by atoms with Crippen LogP contribution in [0.1, 0.15) is 29.8 Å². The van der Waals surface area contributed by atoms with Crippen molar-refractivity contribution in [2.45, 2.75) is 44.7 Å². The van der Waals surface area contributed by atoms with Gasteiger partial charge in [0.15, 0.2) is 0 Å². The molecule has 4 heterocycles. The Hall–Kier alpha value is -3.22. The summed E-state index contributed by atoms with van der Waals surface area (Å²) in [6.07, 6.45) is 6.03. The number of pyridine rings is 1. The molecule has 5 rings (SSSR count). The summed E-state index contributed by atoms with van der Waals surface area (Å²) < 4.78 is 0. The van der Waals surface area contributed by atoms with Crippen molar-refractivity contribution in [3.05, 3.63) is 59.7 Å². The number of hydrogen-bond acceptors (Lipinski definition) is 4. The van der Waals surface area contributed by atoms with E-state index in [0.717, 1.165) is 47.4 Å². The Kier molecular flexibility index (Phi) is 4.73. The molecule has 154 valence electrons. The van der Waals surface area contributed by atoms with Crippen LogP contribution in [0.2, 0.25) is 0 Å². The number of aryl methyl sites for hydroxylation is 1. The summed E-state index contributed by atoms with van der Waals surface area (Å²) in [6, 6.07) is 10.0. The first-order valence-corrected chi connectivity index (χ1v) is 10.5. The van der Waals surface area contributed by atoms with Gasteiger partial charge in [0.2, 0.25) is 11.8 Å². The van der Waals surface area contributed by atoms with Crippen molar-refractivity contribution in [1.82, 2.24) is 24.8 Å². The van der Waals surface area contributed by atoms with E-state index in [-0.39, 0.29) is 23.9 Å². The highest BCUT2D eigenvalue weighted by molar-refractivity contribution is 5.85. The number of fused-ring (bicyclic) bond motifs is 2. The summed E-state index contributed by atoms with van der Waals surface area (Å²) >= 11 is 0. The van der Waals surface area contributed by atoms with E-state index in [1.807, 2.05) is 53.3 Å². The Morgan fingerprint density at radius 3 is 2.97 bits per heavy atom. The van der Waals surface area contributed by atoms with Gasteiger partial charge < -0.3 is 14.8 Å². The minimum Gasteiger partial charge on any atom is -0.342 e. The van der Waals surface area contributed by atoms with Crippen LogP contribution in [0.3, 0.4) is 0 Å². The van der Waals surface area contributed by atoms with Gasteiger partial charge in [-0.25, -0.2) is 4.98 Å². The van der Waals surface area contributed by atoms with E-state index in [0.29, 0.717) is 19.4 Å². The average Bonchev–Trinajstić information content (AvgIpc) is 3.39. The zero-order valence-corrected chi connectivity index (χ0v) is 17.0. The van der Waals surface area contributed by atoms with Crippen molar-refractivity contribution in [3.8, 4) is 0 Å². The molecule has 30 heavy (non-hydrogen) atoms. The quantitative estimate of drug-likeness (QED) is 0.708. The number of carbonyl (C=O) groups is 2. The molecule has 0 saturated carbocycles. The van der Waals surface area contributed by atoms with E-state index in [4.69, 9.17) is 0 Å². The Morgan fingerprint density at radius 1 is 1.23 bits per heavy atom. The second-order valence-corrected chi connectivity index (χ2v) is 8.26. The molecule has 7 nitrogen and oxygen atoms in total. The highest BCUT2D eigenvalue weighted by Gasteiger charge is 2.47. The number of imidazole rings is 1. The minimum atomic E-state index is -0.00275. The van der Waals surface area contributed by atoms with Crippen molar-refractivity contribution in [3.63, 3.8) is 0 Å². The van der Waals surface area contributed by atoms with Gasteiger partial charge in [0.1, 0.15) is 5.82 Å². The smallest absolute Gasteiger partial charge is 0.227 e. The molecular formula is C23H25N5O2. The molecule has 0 radical (unpaired) electrons. The summed E-state index contributed by atoms with van der Waals surface area (Å²) in [5, 5.41) is 0. The first-order valence-electron chi connectivity index (χ1n) is 10.5. The fourth-order valence-corrected chi connectivity index (χ4v) is 4.89. The zero-order valence-electron chi connectivity index (χ0n) is 17.0. The molecule has 2 aromatic heterocycles. The number of carbonyl (C=O) groups excluding carboxylic acids is 2. The van der Waals surface area contributed by atoms with Crippen molar-refractivity contribution < 1.29 is 9.59 Å². The molecule has 2 aliphatic rings. The largest absolute Gasteiger partial charge is 0.342 e. The maximum atomic E-state index is 13.1. The van der Waals surface area contributed by atoms with Gasteiger partial charge in [-0.05, 0) is 49.1 Å². The van der Waals surface area contributed by atoms with Gasteiger partial charge in [-0.2, -0.15) is 0 Å². The molecule has 2 fully saturated rings. The molecule has 0 spiro atoms. The molecular weight excluding hydrogens is 378 g/mol. The van der Waals surface area contributed by atoms with Gasteiger partial charge >= 0.3 is 0 Å². The molecule has 0 unspecified atom stereocenters. The number of aromatic amines is 1. The van der Waals surface area contributed by atoms with Crippen molar-refractivity contribution in [1.29, 1.82) is 0 Å². The third-order valence-corrected chi connectivity index (χ3v) is 6.32.